The summed E-state index contributed by atoms with van der Waals surface area (Å²) >= 11 is 0. The van der Waals surface area contributed by atoms with E-state index in [4.69, 9.17) is 16.2 Å². The van der Waals surface area contributed by atoms with Crippen molar-refractivity contribution >= 4 is 18.1 Å². The van der Waals surface area contributed by atoms with Gasteiger partial charge >= 0.3 is 5.97 Å². The Labute approximate surface area is 147 Å². The number of nitrogens with two attached hydrogens (primary N) is 2. The molecule has 0 heterocycles. The fourth-order valence-corrected chi connectivity index (χ4v) is 2.06. The van der Waals surface area contributed by atoms with E-state index in [0.29, 0.717) is 11.3 Å². The largest absolute Gasteiger partial charge is 0.423 e. The molecule has 0 bridgehead atoms. The molecule has 0 amide bonds. The molecule has 25 heavy (non-hydrogen) atoms. The second kappa shape index (κ2) is 7.61. The van der Waals surface area contributed by atoms with Crippen molar-refractivity contribution in [2.45, 2.75) is 26.2 Å². The van der Waals surface area contributed by atoms with Crippen molar-refractivity contribution in [1.82, 2.24) is 0 Å². The molecule has 2 aromatic rings. The van der Waals surface area contributed by atoms with Gasteiger partial charge < -0.3 is 16.2 Å². The van der Waals surface area contributed by atoms with Crippen LogP contribution in [-0.2, 0) is 5.41 Å². The maximum atomic E-state index is 12.2. The predicted octanol–water partition coefficient (Wildman–Crippen LogP) is 2.81. The first-order chi connectivity index (χ1) is 11.8. The molecule has 0 aliphatic rings. The number of hydrogen-bond donors (Lipinski definition) is 2. The van der Waals surface area contributed by atoms with Crippen LogP contribution in [0.15, 0.2) is 58.7 Å². The molecule has 6 nitrogen and oxygen atoms in total. The maximum absolute atomic E-state index is 12.2. The summed E-state index contributed by atoms with van der Waals surface area (Å²) in [6.07, 6.45) is 1.50. The zero-order chi connectivity index (χ0) is 18.4. The van der Waals surface area contributed by atoms with Gasteiger partial charge in [-0.15, -0.1) is 5.10 Å². The molecule has 0 spiro atoms. The van der Waals surface area contributed by atoms with Gasteiger partial charge in [0, 0.05) is 0 Å². The number of ether oxygens (including phenoxy) is 1. The SMILES string of the molecule is CC(C)(C)c1ccc(C(=O)Oc2ccc(C=NN=C(N)N)cc2)cc1. The smallest absolute Gasteiger partial charge is 0.343 e. The van der Waals surface area contributed by atoms with Gasteiger partial charge in [-0.2, -0.15) is 5.10 Å². The molecule has 0 aromatic heterocycles. The molecule has 0 atom stereocenters. The number of hydrogen-bond acceptors (Lipinski definition) is 4. The van der Waals surface area contributed by atoms with Gasteiger partial charge in [-0.3, -0.25) is 0 Å². The van der Waals surface area contributed by atoms with E-state index >= 15 is 0 Å². The fraction of sp³-hybridized carbons (Fsp3) is 0.211. The average molecular weight is 338 g/mol. The number of benzene rings is 2. The lowest BCUT2D eigenvalue weighted by Gasteiger charge is -2.18. The van der Waals surface area contributed by atoms with E-state index in [1.165, 1.54) is 6.21 Å². The highest BCUT2D eigenvalue weighted by Crippen LogP contribution is 2.22. The third-order valence-electron chi connectivity index (χ3n) is 3.46. The van der Waals surface area contributed by atoms with Gasteiger partial charge in [0.25, 0.3) is 0 Å². The van der Waals surface area contributed by atoms with Crippen LogP contribution in [0, 0.1) is 0 Å². The molecule has 4 N–H and O–H groups in total. The molecule has 0 radical (unpaired) electrons. The summed E-state index contributed by atoms with van der Waals surface area (Å²) in [6, 6.07) is 14.3. The van der Waals surface area contributed by atoms with Crippen LogP contribution in [-0.4, -0.2) is 18.1 Å². The number of esters is 1. The van der Waals surface area contributed by atoms with E-state index in [9.17, 15) is 4.79 Å². The first-order valence-corrected chi connectivity index (χ1v) is 7.80. The number of guanidine groups is 1. The normalized spacial score (nSPS) is 11.3. The summed E-state index contributed by atoms with van der Waals surface area (Å²) < 4.78 is 5.37. The van der Waals surface area contributed by atoms with Gasteiger partial charge in [0.2, 0.25) is 5.96 Å². The van der Waals surface area contributed by atoms with Crippen LogP contribution in [0.1, 0.15) is 42.3 Å². The molecule has 6 heteroatoms. The third-order valence-corrected chi connectivity index (χ3v) is 3.46. The summed E-state index contributed by atoms with van der Waals surface area (Å²) in [5.74, 6) is -0.0643. The zero-order valence-electron chi connectivity index (χ0n) is 14.6. The number of nitrogens with zero attached hydrogens (tertiary/aromatic N) is 2. The molecular formula is C19H22N4O2. The van der Waals surface area contributed by atoms with Crippen molar-refractivity contribution in [2.75, 3.05) is 0 Å². The Morgan fingerprint density at radius 1 is 1.00 bits per heavy atom. The third kappa shape index (κ3) is 5.46. The Morgan fingerprint density at radius 3 is 2.12 bits per heavy atom. The van der Waals surface area contributed by atoms with Crippen LogP contribution in [0.5, 0.6) is 5.75 Å². The number of rotatable bonds is 4. The minimum atomic E-state index is -0.401. The van der Waals surface area contributed by atoms with Gasteiger partial charge in [-0.25, -0.2) is 4.79 Å². The molecule has 0 saturated carbocycles. The maximum Gasteiger partial charge on any atom is 0.343 e. The summed E-state index contributed by atoms with van der Waals surface area (Å²) in [5.41, 5.74) is 12.8. The molecule has 0 unspecified atom stereocenters. The molecule has 130 valence electrons. The molecule has 2 rings (SSSR count). The van der Waals surface area contributed by atoms with Gasteiger partial charge in [0.05, 0.1) is 11.8 Å². The minimum absolute atomic E-state index is 0.0401. The van der Waals surface area contributed by atoms with E-state index < -0.39 is 5.97 Å². The highest BCUT2D eigenvalue weighted by atomic mass is 16.5. The second-order valence-electron chi connectivity index (χ2n) is 6.56. The minimum Gasteiger partial charge on any atom is -0.423 e. The molecule has 2 aromatic carbocycles. The van der Waals surface area contributed by atoms with Gasteiger partial charge in [-0.05, 0) is 52.9 Å². The standard InChI is InChI=1S/C19H22N4O2/c1-19(2,3)15-8-6-14(7-9-15)17(24)25-16-10-4-13(5-11-16)12-22-23-18(20)21/h4-12H,1-3H3,(H4,20,21,23). The van der Waals surface area contributed by atoms with E-state index in [0.717, 1.165) is 11.1 Å². The Balaban J connectivity index is 2.03. The lowest BCUT2D eigenvalue weighted by atomic mass is 9.87. The Bertz CT molecular complexity index is 782. The van der Waals surface area contributed by atoms with Crippen molar-refractivity contribution < 1.29 is 9.53 Å². The van der Waals surface area contributed by atoms with Crippen molar-refractivity contribution in [3.05, 3.63) is 65.2 Å². The molecule has 0 aliphatic carbocycles. The second-order valence-corrected chi connectivity index (χ2v) is 6.56. The highest BCUT2D eigenvalue weighted by molar-refractivity contribution is 5.91. The van der Waals surface area contributed by atoms with Crippen molar-refractivity contribution in [3.63, 3.8) is 0 Å². The van der Waals surface area contributed by atoms with Crippen LogP contribution in [0.4, 0.5) is 0 Å². The highest BCUT2D eigenvalue weighted by Gasteiger charge is 2.15. The van der Waals surface area contributed by atoms with Crippen LogP contribution in [0.3, 0.4) is 0 Å². The summed E-state index contributed by atoms with van der Waals surface area (Å²) in [4.78, 5) is 12.2. The van der Waals surface area contributed by atoms with Gasteiger partial charge in [0.15, 0.2) is 0 Å². The van der Waals surface area contributed by atoms with Crippen molar-refractivity contribution in [2.24, 2.45) is 21.7 Å². The van der Waals surface area contributed by atoms with E-state index in [2.05, 4.69) is 31.0 Å². The van der Waals surface area contributed by atoms with E-state index in [1.807, 2.05) is 12.1 Å². The average Bonchev–Trinajstić information content (AvgIpc) is 2.55. The van der Waals surface area contributed by atoms with Crippen LogP contribution < -0.4 is 16.2 Å². The van der Waals surface area contributed by atoms with Crippen LogP contribution in [0.25, 0.3) is 0 Å². The van der Waals surface area contributed by atoms with Crippen LogP contribution in [0.2, 0.25) is 0 Å². The molecule has 0 aliphatic heterocycles. The Kier molecular flexibility index (Phi) is 5.54. The van der Waals surface area contributed by atoms with E-state index in [1.54, 1.807) is 36.4 Å². The monoisotopic (exact) mass is 338 g/mol. The predicted molar refractivity (Wildman–Crippen MR) is 99.9 cm³/mol. The number of carbonyl (C=O) groups is 1. The zero-order valence-corrected chi connectivity index (χ0v) is 14.6. The van der Waals surface area contributed by atoms with Gasteiger partial charge in [-0.1, -0.05) is 32.9 Å². The fourth-order valence-electron chi connectivity index (χ4n) is 2.06. The topological polar surface area (TPSA) is 103 Å². The van der Waals surface area contributed by atoms with Crippen LogP contribution >= 0.6 is 0 Å². The van der Waals surface area contributed by atoms with E-state index in [-0.39, 0.29) is 11.4 Å². The summed E-state index contributed by atoms with van der Waals surface area (Å²) in [7, 11) is 0. The lowest BCUT2D eigenvalue weighted by Crippen LogP contribution is -2.21. The lowest BCUT2D eigenvalue weighted by molar-refractivity contribution is 0.0734. The molecular weight excluding hydrogens is 316 g/mol. The number of carbonyl (C=O) groups excluding carboxylic acids is 1. The Hall–Kier alpha value is -3.15. The van der Waals surface area contributed by atoms with Gasteiger partial charge in [0.1, 0.15) is 5.75 Å². The van der Waals surface area contributed by atoms with Crippen molar-refractivity contribution in [1.29, 1.82) is 0 Å². The summed E-state index contributed by atoms with van der Waals surface area (Å²) in [5, 5.41) is 7.22. The summed E-state index contributed by atoms with van der Waals surface area (Å²) in [6.45, 7) is 6.37. The first kappa shape index (κ1) is 18.2. The molecule has 0 saturated heterocycles. The Morgan fingerprint density at radius 2 is 1.60 bits per heavy atom. The first-order valence-electron chi connectivity index (χ1n) is 7.80. The van der Waals surface area contributed by atoms with Crippen molar-refractivity contribution in [3.8, 4) is 5.75 Å². The molecule has 0 fully saturated rings. The quantitative estimate of drug-likeness (QED) is 0.294.